The minimum Gasteiger partial charge on any atom is -0.339 e. The highest BCUT2D eigenvalue weighted by Crippen LogP contribution is 2.10. The van der Waals surface area contributed by atoms with E-state index in [1.165, 1.54) is 6.07 Å². The number of carbonyl (C=O) groups excluding carboxylic acids is 1. The number of benzene rings is 1. The van der Waals surface area contributed by atoms with Gasteiger partial charge in [0.1, 0.15) is 5.82 Å². The zero-order chi connectivity index (χ0) is 13.7. The van der Waals surface area contributed by atoms with Crippen LogP contribution in [0.25, 0.3) is 0 Å². The zero-order valence-corrected chi connectivity index (χ0v) is 12.5. The summed E-state index contributed by atoms with van der Waals surface area (Å²) in [6, 6.07) is 6.69. The minimum atomic E-state index is -0.194. The van der Waals surface area contributed by atoms with Crippen molar-refractivity contribution in [1.82, 2.24) is 15.1 Å². The first-order valence-corrected chi connectivity index (χ1v) is 6.58. The second-order valence-electron chi connectivity index (χ2n) is 4.82. The Bertz CT molecular complexity index is 436. The molecule has 1 saturated heterocycles. The topological polar surface area (TPSA) is 35.6 Å². The molecule has 2 rings (SSSR count). The Balaban J connectivity index is 0.00000200. The van der Waals surface area contributed by atoms with E-state index in [0.717, 1.165) is 38.3 Å². The number of rotatable bonds is 4. The molecule has 4 nitrogen and oxygen atoms in total. The summed E-state index contributed by atoms with van der Waals surface area (Å²) in [7, 11) is 1.78. The van der Waals surface area contributed by atoms with Gasteiger partial charge in [0, 0.05) is 32.7 Å². The van der Waals surface area contributed by atoms with Crippen LogP contribution in [0.4, 0.5) is 4.39 Å². The summed E-state index contributed by atoms with van der Waals surface area (Å²) in [6.07, 6.45) is 0. The number of nitrogens with one attached hydrogen (secondary N) is 1. The maximum Gasteiger partial charge on any atom is 0.236 e. The third-order valence-electron chi connectivity index (χ3n) is 3.35. The van der Waals surface area contributed by atoms with Gasteiger partial charge in [-0.1, -0.05) is 12.1 Å². The normalized spacial score (nSPS) is 15.8. The number of carbonyl (C=O) groups is 1. The second kappa shape index (κ2) is 8.19. The fourth-order valence-corrected chi connectivity index (χ4v) is 2.31. The van der Waals surface area contributed by atoms with Crippen LogP contribution in [0, 0.1) is 5.82 Å². The number of nitrogens with zero attached hydrogens (tertiary/aromatic N) is 2. The fraction of sp³-hybridized carbons (Fsp3) is 0.500. The maximum atomic E-state index is 13.1. The van der Waals surface area contributed by atoms with E-state index in [4.69, 9.17) is 0 Å². The Morgan fingerprint density at radius 3 is 2.60 bits per heavy atom. The van der Waals surface area contributed by atoms with Crippen LogP contribution in [-0.2, 0) is 11.3 Å². The molecule has 1 aliphatic rings. The van der Waals surface area contributed by atoms with Crippen LogP contribution in [-0.4, -0.2) is 55.5 Å². The molecule has 1 aliphatic heterocycles. The van der Waals surface area contributed by atoms with Crippen molar-refractivity contribution in [3.63, 3.8) is 0 Å². The summed E-state index contributed by atoms with van der Waals surface area (Å²) in [4.78, 5) is 15.8. The van der Waals surface area contributed by atoms with Gasteiger partial charge in [0.05, 0.1) is 6.54 Å². The summed E-state index contributed by atoms with van der Waals surface area (Å²) in [5, 5.41) is 2.88. The van der Waals surface area contributed by atoms with E-state index in [-0.39, 0.29) is 24.1 Å². The standard InChI is InChI=1S/C14H20FN3O.ClH/c1-16-10-14(19)18-7-5-17(6-8-18)11-12-3-2-4-13(15)9-12;/h2-4,9,16H,5-8,10-11H2,1H3;1H. The lowest BCUT2D eigenvalue weighted by atomic mass is 10.2. The third-order valence-corrected chi connectivity index (χ3v) is 3.35. The van der Waals surface area contributed by atoms with E-state index in [1.54, 1.807) is 19.2 Å². The predicted molar refractivity (Wildman–Crippen MR) is 79.4 cm³/mol. The molecule has 1 fully saturated rings. The Morgan fingerprint density at radius 1 is 1.30 bits per heavy atom. The van der Waals surface area contributed by atoms with Gasteiger partial charge in [0.15, 0.2) is 0 Å². The van der Waals surface area contributed by atoms with Crippen LogP contribution in [0.15, 0.2) is 24.3 Å². The summed E-state index contributed by atoms with van der Waals surface area (Å²) in [6.45, 7) is 4.30. The fourth-order valence-electron chi connectivity index (χ4n) is 2.31. The predicted octanol–water partition coefficient (Wildman–Crippen LogP) is 1.11. The average Bonchev–Trinajstić information content (AvgIpc) is 2.40. The highest BCUT2D eigenvalue weighted by Gasteiger charge is 2.20. The molecular weight excluding hydrogens is 281 g/mol. The van der Waals surface area contributed by atoms with Gasteiger partial charge in [-0.3, -0.25) is 9.69 Å². The summed E-state index contributed by atoms with van der Waals surface area (Å²) < 4.78 is 13.1. The molecule has 1 N–H and O–H groups in total. The zero-order valence-electron chi connectivity index (χ0n) is 11.6. The first-order chi connectivity index (χ1) is 9.19. The number of hydrogen-bond donors (Lipinski definition) is 1. The molecule has 0 atom stereocenters. The van der Waals surface area contributed by atoms with Crippen LogP contribution in [0.5, 0.6) is 0 Å². The summed E-state index contributed by atoms with van der Waals surface area (Å²) >= 11 is 0. The number of likely N-dealkylation sites (N-methyl/N-ethyl adjacent to an activating group) is 1. The van der Waals surface area contributed by atoms with Crippen LogP contribution < -0.4 is 5.32 Å². The highest BCUT2D eigenvalue weighted by molar-refractivity contribution is 5.85. The molecule has 6 heteroatoms. The van der Waals surface area contributed by atoms with Gasteiger partial charge in [-0.2, -0.15) is 0 Å². The van der Waals surface area contributed by atoms with Crippen LogP contribution in [0.3, 0.4) is 0 Å². The van der Waals surface area contributed by atoms with Gasteiger partial charge in [0.2, 0.25) is 5.91 Å². The van der Waals surface area contributed by atoms with Crippen molar-refractivity contribution in [3.8, 4) is 0 Å². The Morgan fingerprint density at radius 2 is 2.00 bits per heavy atom. The molecular formula is C14H21ClFN3O. The van der Waals surface area contributed by atoms with Gasteiger partial charge >= 0.3 is 0 Å². The van der Waals surface area contributed by atoms with Crippen molar-refractivity contribution >= 4 is 18.3 Å². The van der Waals surface area contributed by atoms with Crippen LogP contribution in [0.2, 0.25) is 0 Å². The van der Waals surface area contributed by atoms with Crippen molar-refractivity contribution in [2.24, 2.45) is 0 Å². The Kier molecular flexibility index (Phi) is 6.91. The van der Waals surface area contributed by atoms with Crippen molar-refractivity contribution < 1.29 is 9.18 Å². The van der Waals surface area contributed by atoms with Crippen molar-refractivity contribution in [3.05, 3.63) is 35.6 Å². The molecule has 1 heterocycles. The Labute approximate surface area is 125 Å². The van der Waals surface area contributed by atoms with E-state index in [1.807, 2.05) is 11.0 Å². The van der Waals surface area contributed by atoms with Gasteiger partial charge < -0.3 is 10.2 Å². The average molecular weight is 302 g/mol. The number of hydrogen-bond acceptors (Lipinski definition) is 3. The molecule has 1 amide bonds. The lowest BCUT2D eigenvalue weighted by molar-refractivity contribution is -0.131. The van der Waals surface area contributed by atoms with Gasteiger partial charge in [-0.05, 0) is 24.7 Å². The van der Waals surface area contributed by atoms with E-state index < -0.39 is 0 Å². The molecule has 0 radical (unpaired) electrons. The van der Waals surface area contributed by atoms with E-state index >= 15 is 0 Å². The van der Waals surface area contributed by atoms with E-state index in [2.05, 4.69) is 10.2 Å². The molecule has 0 unspecified atom stereocenters. The van der Waals surface area contributed by atoms with E-state index in [9.17, 15) is 9.18 Å². The minimum absolute atomic E-state index is 0. The van der Waals surface area contributed by atoms with Gasteiger partial charge in [0.25, 0.3) is 0 Å². The molecule has 1 aromatic rings. The third kappa shape index (κ3) is 4.74. The SMILES string of the molecule is CNCC(=O)N1CCN(Cc2cccc(F)c2)CC1.Cl. The number of halogens is 2. The molecule has 0 bridgehead atoms. The molecule has 112 valence electrons. The second-order valence-corrected chi connectivity index (χ2v) is 4.82. The highest BCUT2D eigenvalue weighted by atomic mass is 35.5. The maximum absolute atomic E-state index is 13.1. The monoisotopic (exact) mass is 301 g/mol. The van der Waals surface area contributed by atoms with Gasteiger partial charge in [-0.15, -0.1) is 12.4 Å². The quantitative estimate of drug-likeness (QED) is 0.905. The van der Waals surface area contributed by atoms with Crippen molar-refractivity contribution in [2.45, 2.75) is 6.54 Å². The molecule has 0 aliphatic carbocycles. The number of amides is 1. The molecule has 0 saturated carbocycles. The van der Waals surface area contributed by atoms with E-state index in [0.29, 0.717) is 6.54 Å². The Hall–Kier alpha value is -1.17. The summed E-state index contributed by atoms with van der Waals surface area (Å²) in [5.74, 6) is -0.0479. The molecule has 0 aromatic heterocycles. The smallest absolute Gasteiger partial charge is 0.236 e. The van der Waals surface area contributed by atoms with Crippen LogP contribution >= 0.6 is 12.4 Å². The first-order valence-electron chi connectivity index (χ1n) is 6.58. The molecule has 20 heavy (non-hydrogen) atoms. The largest absolute Gasteiger partial charge is 0.339 e. The lowest BCUT2D eigenvalue weighted by Crippen LogP contribution is -2.50. The number of piperazine rings is 1. The lowest BCUT2D eigenvalue weighted by Gasteiger charge is -2.34. The van der Waals surface area contributed by atoms with Crippen molar-refractivity contribution in [2.75, 3.05) is 39.8 Å². The first kappa shape index (κ1) is 16.9. The van der Waals surface area contributed by atoms with Crippen LogP contribution in [0.1, 0.15) is 5.56 Å². The molecule has 0 spiro atoms. The van der Waals surface area contributed by atoms with Crippen molar-refractivity contribution in [1.29, 1.82) is 0 Å². The molecule has 1 aromatic carbocycles. The van der Waals surface area contributed by atoms with Gasteiger partial charge in [-0.25, -0.2) is 4.39 Å². The summed E-state index contributed by atoms with van der Waals surface area (Å²) in [5.41, 5.74) is 0.981.